The summed E-state index contributed by atoms with van der Waals surface area (Å²) in [5, 5.41) is 2.91. The van der Waals surface area contributed by atoms with Crippen molar-refractivity contribution in [2.24, 2.45) is 0 Å². The van der Waals surface area contributed by atoms with Crippen LogP contribution >= 0.6 is 11.8 Å². The van der Waals surface area contributed by atoms with E-state index in [1.165, 1.54) is 22.7 Å². The summed E-state index contributed by atoms with van der Waals surface area (Å²) >= 11 is 1.46. The van der Waals surface area contributed by atoms with E-state index < -0.39 is 6.04 Å². The standard InChI is InChI=1S/C24H31FN2O3S/c1-5-17(2)26-24(29)18(3)27(14-20-8-6-7-9-22(20)25)23(28)16-31-15-19-10-12-21(30-4)13-11-19/h6-13,17-18H,5,14-16H2,1-4H3,(H,26,29)/t17-,18-/m1/s1. The third kappa shape index (κ3) is 7.58. The van der Waals surface area contributed by atoms with E-state index in [0.29, 0.717) is 11.3 Å². The lowest BCUT2D eigenvalue weighted by atomic mass is 10.1. The number of ether oxygens (including phenoxy) is 1. The lowest BCUT2D eigenvalue weighted by Gasteiger charge is -2.29. The van der Waals surface area contributed by atoms with Crippen molar-refractivity contribution >= 4 is 23.6 Å². The Morgan fingerprint density at radius 2 is 1.81 bits per heavy atom. The van der Waals surface area contributed by atoms with Gasteiger partial charge in [0.15, 0.2) is 0 Å². The van der Waals surface area contributed by atoms with Crippen molar-refractivity contribution in [3.63, 3.8) is 0 Å². The van der Waals surface area contributed by atoms with Crippen molar-refractivity contribution in [3.8, 4) is 5.75 Å². The quantitative estimate of drug-likeness (QED) is 0.556. The fourth-order valence-electron chi connectivity index (χ4n) is 2.92. The normalized spacial score (nSPS) is 12.7. The average molecular weight is 447 g/mol. The van der Waals surface area contributed by atoms with Gasteiger partial charge in [0, 0.05) is 23.9 Å². The Bertz CT molecular complexity index is 860. The summed E-state index contributed by atoms with van der Waals surface area (Å²) in [4.78, 5) is 27.2. The molecule has 0 radical (unpaired) electrons. The third-order valence-corrected chi connectivity index (χ3v) is 6.11. The Morgan fingerprint density at radius 3 is 2.42 bits per heavy atom. The predicted molar refractivity (Wildman–Crippen MR) is 123 cm³/mol. The van der Waals surface area contributed by atoms with Gasteiger partial charge in [-0.25, -0.2) is 4.39 Å². The lowest BCUT2D eigenvalue weighted by Crippen LogP contribution is -2.50. The first-order valence-corrected chi connectivity index (χ1v) is 11.5. The van der Waals surface area contributed by atoms with E-state index in [1.54, 1.807) is 32.2 Å². The highest BCUT2D eigenvalue weighted by atomic mass is 32.2. The van der Waals surface area contributed by atoms with Crippen LogP contribution in [0.4, 0.5) is 4.39 Å². The Morgan fingerprint density at radius 1 is 1.13 bits per heavy atom. The molecule has 31 heavy (non-hydrogen) atoms. The van der Waals surface area contributed by atoms with Crippen LogP contribution in [-0.2, 0) is 21.9 Å². The van der Waals surface area contributed by atoms with Gasteiger partial charge in [0.05, 0.1) is 12.9 Å². The molecule has 0 unspecified atom stereocenters. The van der Waals surface area contributed by atoms with Crippen LogP contribution in [0.2, 0.25) is 0 Å². The molecule has 2 amide bonds. The predicted octanol–water partition coefficient (Wildman–Crippen LogP) is 4.40. The summed E-state index contributed by atoms with van der Waals surface area (Å²) in [7, 11) is 1.62. The lowest BCUT2D eigenvalue weighted by molar-refractivity contribution is -0.139. The van der Waals surface area contributed by atoms with E-state index in [9.17, 15) is 14.0 Å². The second-order valence-electron chi connectivity index (χ2n) is 7.45. The molecule has 0 aliphatic rings. The van der Waals surface area contributed by atoms with Crippen LogP contribution in [0.5, 0.6) is 5.75 Å². The van der Waals surface area contributed by atoms with E-state index >= 15 is 0 Å². The van der Waals surface area contributed by atoms with Crippen molar-refractivity contribution < 1.29 is 18.7 Å². The highest BCUT2D eigenvalue weighted by Crippen LogP contribution is 2.19. The van der Waals surface area contributed by atoms with Crippen LogP contribution in [0.15, 0.2) is 48.5 Å². The molecule has 0 fully saturated rings. The van der Waals surface area contributed by atoms with E-state index in [-0.39, 0.29) is 36.0 Å². The Balaban J connectivity index is 2.07. The summed E-state index contributed by atoms with van der Waals surface area (Å²) in [6.45, 7) is 5.63. The number of nitrogens with zero attached hydrogens (tertiary/aromatic N) is 1. The van der Waals surface area contributed by atoms with Gasteiger partial charge >= 0.3 is 0 Å². The van der Waals surface area contributed by atoms with Gasteiger partial charge < -0.3 is 15.0 Å². The van der Waals surface area contributed by atoms with Crippen LogP contribution in [0, 0.1) is 5.82 Å². The van der Waals surface area contributed by atoms with Crippen LogP contribution in [0.1, 0.15) is 38.3 Å². The van der Waals surface area contributed by atoms with E-state index in [2.05, 4.69) is 5.32 Å². The van der Waals surface area contributed by atoms with Gasteiger partial charge in [0.2, 0.25) is 11.8 Å². The largest absolute Gasteiger partial charge is 0.497 e. The molecule has 0 aliphatic heterocycles. The molecule has 7 heteroatoms. The summed E-state index contributed by atoms with van der Waals surface area (Å²) in [6, 6.07) is 13.3. The first-order chi connectivity index (χ1) is 14.8. The number of hydrogen-bond donors (Lipinski definition) is 1. The molecule has 0 heterocycles. The second kappa shape index (κ2) is 12.3. The highest BCUT2D eigenvalue weighted by Gasteiger charge is 2.27. The molecule has 0 saturated heterocycles. The van der Waals surface area contributed by atoms with Crippen LogP contribution in [0.25, 0.3) is 0 Å². The number of carbonyl (C=O) groups excluding carboxylic acids is 2. The van der Waals surface area contributed by atoms with E-state index in [1.807, 2.05) is 38.1 Å². The summed E-state index contributed by atoms with van der Waals surface area (Å²) < 4.78 is 19.4. The van der Waals surface area contributed by atoms with Gasteiger partial charge in [-0.1, -0.05) is 37.3 Å². The molecule has 0 aromatic heterocycles. The van der Waals surface area contributed by atoms with Crippen molar-refractivity contribution in [3.05, 3.63) is 65.5 Å². The Kier molecular flexibility index (Phi) is 9.85. The minimum Gasteiger partial charge on any atom is -0.497 e. The van der Waals surface area contributed by atoms with Gasteiger partial charge in [0.1, 0.15) is 17.6 Å². The Labute approximate surface area is 188 Å². The van der Waals surface area contributed by atoms with E-state index in [0.717, 1.165) is 17.7 Å². The van der Waals surface area contributed by atoms with Gasteiger partial charge in [-0.3, -0.25) is 9.59 Å². The minimum atomic E-state index is -0.706. The van der Waals surface area contributed by atoms with Crippen molar-refractivity contribution in [1.29, 1.82) is 0 Å². The maximum atomic E-state index is 14.2. The number of amides is 2. The fourth-order valence-corrected chi connectivity index (χ4v) is 3.79. The van der Waals surface area contributed by atoms with Crippen LogP contribution < -0.4 is 10.1 Å². The van der Waals surface area contributed by atoms with E-state index in [4.69, 9.17) is 4.74 Å². The maximum absolute atomic E-state index is 14.2. The molecule has 168 valence electrons. The van der Waals surface area contributed by atoms with Gasteiger partial charge in [-0.15, -0.1) is 11.8 Å². The fraction of sp³-hybridized carbons (Fsp3) is 0.417. The zero-order valence-electron chi connectivity index (χ0n) is 18.6. The molecule has 5 nitrogen and oxygen atoms in total. The number of halogens is 1. The second-order valence-corrected chi connectivity index (χ2v) is 8.43. The van der Waals surface area contributed by atoms with Gasteiger partial charge in [0.25, 0.3) is 0 Å². The summed E-state index contributed by atoms with van der Waals surface area (Å²) in [6.07, 6.45) is 0.789. The number of nitrogens with one attached hydrogen (secondary N) is 1. The first-order valence-electron chi connectivity index (χ1n) is 10.4. The zero-order valence-corrected chi connectivity index (χ0v) is 19.4. The number of methoxy groups -OCH3 is 1. The summed E-state index contributed by atoms with van der Waals surface area (Å²) in [5.74, 6) is 0.800. The molecule has 0 spiro atoms. The Hall–Kier alpha value is -2.54. The van der Waals surface area contributed by atoms with Crippen LogP contribution in [0.3, 0.4) is 0 Å². The molecule has 2 rings (SSSR count). The molecule has 0 saturated carbocycles. The number of hydrogen-bond acceptors (Lipinski definition) is 4. The number of thioether (sulfide) groups is 1. The third-order valence-electron chi connectivity index (χ3n) is 5.12. The molecule has 0 bridgehead atoms. The number of carbonyl (C=O) groups is 2. The molecule has 2 aromatic carbocycles. The summed E-state index contributed by atoms with van der Waals surface area (Å²) in [5.41, 5.74) is 1.46. The van der Waals surface area contributed by atoms with Crippen molar-refractivity contribution in [2.75, 3.05) is 12.9 Å². The van der Waals surface area contributed by atoms with Gasteiger partial charge in [-0.05, 0) is 44.0 Å². The monoisotopic (exact) mass is 446 g/mol. The SMILES string of the molecule is CC[C@@H](C)NC(=O)[C@@H](C)N(Cc1ccccc1F)C(=O)CSCc1ccc(OC)cc1. The smallest absolute Gasteiger partial charge is 0.242 e. The first kappa shape index (κ1) is 24.7. The van der Waals surface area contributed by atoms with Gasteiger partial charge in [-0.2, -0.15) is 0 Å². The highest BCUT2D eigenvalue weighted by molar-refractivity contribution is 7.99. The molecule has 1 N–H and O–H groups in total. The average Bonchev–Trinajstić information content (AvgIpc) is 2.78. The van der Waals surface area contributed by atoms with Crippen molar-refractivity contribution in [1.82, 2.24) is 10.2 Å². The minimum absolute atomic E-state index is 0.00445. The van der Waals surface area contributed by atoms with Crippen LogP contribution in [-0.4, -0.2) is 41.7 Å². The zero-order chi connectivity index (χ0) is 22.8. The number of rotatable bonds is 11. The maximum Gasteiger partial charge on any atom is 0.242 e. The molecular weight excluding hydrogens is 415 g/mol. The topological polar surface area (TPSA) is 58.6 Å². The molecule has 0 aliphatic carbocycles. The molecular formula is C24H31FN2O3S. The number of benzene rings is 2. The molecule has 2 atom stereocenters. The molecule has 2 aromatic rings. The van der Waals surface area contributed by atoms with Crippen molar-refractivity contribution in [2.45, 2.75) is 51.6 Å².